The Morgan fingerprint density at radius 3 is 2.15 bits per heavy atom. The molecule has 0 radical (unpaired) electrons. The molecule has 0 saturated heterocycles. The molecule has 3 aromatic heterocycles. The molecule has 0 aliphatic rings. The summed E-state index contributed by atoms with van der Waals surface area (Å²) >= 11 is 0. The second-order valence-corrected chi connectivity index (χ2v) is 13.6. The molecular formula is C43H44N4O. The minimum Gasteiger partial charge on any atom is -0.457 e. The highest BCUT2D eigenvalue weighted by molar-refractivity contribution is 6.09. The van der Waals surface area contributed by atoms with Crippen LogP contribution in [0.5, 0.6) is 11.5 Å². The van der Waals surface area contributed by atoms with Crippen LogP contribution in [0.15, 0.2) is 97.2 Å². The molecule has 7 aromatic rings. The Balaban J connectivity index is 1.38. The van der Waals surface area contributed by atoms with Gasteiger partial charge in [-0.3, -0.25) is 4.57 Å². The molecule has 0 N–H and O–H groups in total. The molecule has 0 aliphatic carbocycles. The van der Waals surface area contributed by atoms with Crippen molar-refractivity contribution in [1.29, 1.82) is 0 Å². The summed E-state index contributed by atoms with van der Waals surface area (Å²) in [5.41, 5.74) is 13.0. The van der Waals surface area contributed by atoms with E-state index in [0.717, 1.165) is 46.2 Å². The molecule has 0 spiro atoms. The van der Waals surface area contributed by atoms with Gasteiger partial charge in [-0.15, -0.1) is 0 Å². The van der Waals surface area contributed by atoms with E-state index in [9.17, 15) is 0 Å². The average molecular weight is 633 g/mol. The van der Waals surface area contributed by atoms with Gasteiger partial charge >= 0.3 is 0 Å². The standard InChI is InChI=1S/C43H44N4O/c1-9-31-22-32(47-43(27(4)5)41(42(45-47)26(2)3)40-29(7)13-12-14-30(40)8)24-34(23-31)48-33-17-18-36-35-15-10-11-16-37(35)46(38(36)25-33)39-21-28(6)19-20-44-39/h10-27H,9H2,1-8H3. The van der Waals surface area contributed by atoms with Crippen LogP contribution in [0.1, 0.15) is 80.1 Å². The van der Waals surface area contributed by atoms with E-state index in [-0.39, 0.29) is 11.8 Å². The lowest BCUT2D eigenvalue weighted by atomic mass is 9.88. The first kappa shape index (κ1) is 31.4. The quantitative estimate of drug-likeness (QED) is 0.167. The normalized spacial score (nSPS) is 11.8. The zero-order valence-electron chi connectivity index (χ0n) is 29.3. The van der Waals surface area contributed by atoms with Crippen LogP contribution in [-0.4, -0.2) is 19.3 Å². The predicted octanol–water partition coefficient (Wildman–Crippen LogP) is 11.6. The topological polar surface area (TPSA) is 44.9 Å². The van der Waals surface area contributed by atoms with Crippen molar-refractivity contribution in [3.63, 3.8) is 0 Å². The lowest BCUT2D eigenvalue weighted by Gasteiger charge is -2.18. The maximum atomic E-state index is 6.73. The molecule has 7 rings (SSSR count). The molecule has 4 aromatic carbocycles. The smallest absolute Gasteiger partial charge is 0.137 e. The van der Waals surface area contributed by atoms with E-state index in [1.807, 2.05) is 12.3 Å². The fourth-order valence-electron chi connectivity index (χ4n) is 7.12. The molecule has 0 atom stereocenters. The number of rotatable bonds is 8. The summed E-state index contributed by atoms with van der Waals surface area (Å²) in [6.07, 6.45) is 2.76. The molecule has 242 valence electrons. The van der Waals surface area contributed by atoms with E-state index in [1.54, 1.807) is 0 Å². The minimum absolute atomic E-state index is 0.258. The lowest BCUT2D eigenvalue weighted by Crippen LogP contribution is -2.06. The number of para-hydroxylation sites is 1. The third kappa shape index (κ3) is 5.47. The van der Waals surface area contributed by atoms with Crippen molar-refractivity contribution in [2.45, 2.75) is 73.6 Å². The van der Waals surface area contributed by atoms with E-state index in [4.69, 9.17) is 14.8 Å². The number of aryl methyl sites for hydroxylation is 4. The van der Waals surface area contributed by atoms with Gasteiger partial charge in [0.05, 0.1) is 28.1 Å². The Hall–Kier alpha value is -5.16. The average Bonchev–Trinajstić information content (AvgIpc) is 3.61. The van der Waals surface area contributed by atoms with Crippen LogP contribution in [0.25, 0.3) is 44.4 Å². The number of hydrogen-bond donors (Lipinski definition) is 0. The second-order valence-electron chi connectivity index (χ2n) is 13.6. The maximum Gasteiger partial charge on any atom is 0.137 e. The SMILES string of the molecule is CCc1cc(Oc2ccc3c4ccccc4n(-c4cc(C)ccn4)c3c2)cc(-n2nc(C(C)C)c(-c3c(C)cccc3C)c2C(C)C)c1. The summed E-state index contributed by atoms with van der Waals surface area (Å²) in [7, 11) is 0. The van der Waals surface area contributed by atoms with Gasteiger partial charge in [0.1, 0.15) is 17.3 Å². The molecule has 0 aliphatic heterocycles. The highest BCUT2D eigenvalue weighted by atomic mass is 16.5. The van der Waals surface area contributed by atoms with E-state index in [1.165, 1.54) is 49.8 Å². The molecule has 3 heterocycles. The summed E-state index contributed by atoms with van der Waals surface area (Å²) in [6, 6.07) is 32.2. The Morgan fingerprint density at radius 1 is 0.688 bits per heavy atom. The molecule has 5 heteroatoms. The van der Waals surface area contributed by atoms with Gasteiger partial charge in [-0.05, 0) is 109 Å². The van der Waals surface area contributed by atoms with Gasteiger partial charge in [-0.25, -0.2) is 9.67 Å². The molecular weight excluding hydrogens is 589 g/mol. The van der Waals surface area contributed by atoms with E-state index in [2.05, 4.69) is 150 Å². The van der Waals surface area contributed by atoms with Crippen LogP contribution >= 0.6 is 0 Å². The lowest BCUT2D eigenvalue weighted by molar-refractivity contribution is 0.482. The summed E-state index contributed by atoms with van der Waals surface area (Å²) in [5, 5.41) is 7.71. The number of benzene rings is 4. The number of nitrogens with zero attached hydrogens (tertiary/aromatic N) is 4. The molecule has 5 nitrogen and oxygen atoms in total. The third-order valence-electron chi connectivity index (χ3n) is 9.39. The summed E-state index contributed by atoms with van der Waals surface area (Å²) in [6.45, 7) is 17.7. The van der Waals surface area contributed by atoms with Crippen molar-refractivity contribution in [2.24, 2.45) is 0 Å². The number of fused-ring (bicyclic) bond motifs is 3. The van der Waals surface area contributed by atoms with Crippen LogP contribution in [0.4, 0.5) is 0 Å². The van der Waals surface area contributed by atoms with E-state index in [0.29, 0.717) is 0 Å². The molecule has 0 bridgehead atoms. The highest BCUT2D eigenvalue weighted by Crippen LogP contribution is 2.41. The van der Waals surface area contributed by atoms with Gasteiger partial charge in [0, 0.05) is 34.7 Å². The molecule has 0 saturated carbocycles. The number of pyridine rings is 1. The molecule has 0 unspecified atom stereocenters. The van der Waals surface area contributed by atoms with Gasteiger partial charge in [-0.2, -0.15) is 5.10 Å². The number of ether oxygens (including phenoxy) is 1. The van der Waals surface area contributed by atoms with Crippen LogP contribution < -0.4 is 4.74 Å². The number of hydrogen-bond acceptors (Lipinski definition) is 3. The Kier molecular flexibility index (Phi) is 8.16. The van der Waals surface area contributed by atoms with Crippen molar-refractivity contribution in [3.05, 3.63) is 131 Å². The Bertz CT molecular complexity index is 2280. The first-order valence-electron chi connectivity index (χ1n) is 17.1. The summed E-state index contributed by atoms with van der Waals surface area (Å²) in [4.78, 5) is 4.75. The first-order valence-corrected chi connectivity index (χ1v) is 17.1. The van der Waals surface area contributed by atoms with Gasteiger partial charge < -0.3 is 4.74 Å². The largest absolute Gasteiger partial charge is 0.457 e. The highest BCUT2D eigenvalue weighted by Gasteiger charge is 2.26. The van der Waals surface area contributed by atoms with Crippen molar-refractivity contribution < 1.29 is 4.74 Å². The van der Waals surface area contributed by atoms with E-state index < -0.39 is 0 Å². The van der Waals surface area contributed by atoms with Crippen molar-refractivity contribution in [2.75, 3.05) is 0 Å². The second kappa shape index (κ2) is 12.5. The van der Waals surface area contributed by atoms with E-state index >= 15 is 0 Å². The Morgan fingerprint density at radius 2 is 1.44 bits per heavy atom. The first-order chi connectivity index (χ1) is 23.1. The summed E-state index contributed by atoms with van der Waals surface area (Å²) < 4.78 is 11.1. The van der Waals surface area contributed by atoms with Gasteiger partial charge in [-0.1, -0.05) is 71.0 Å². The van der Waals surface area contributed by atoms with Crippen LogP contribution in [0.2, 0.25) is 0 Å². The molecule has 48 heavy (non-hydrogen) atoms. The zero-order valence-corrected chi connectivity index (χ0v) is 29.3. The number of aromatic nitrogens is 4. The van der Waals surface area contributed by atoms with Gasteiger partial charge in [0.15, 0.2) is 0 Å². The Labute approximate surface area is 283 Å². The predicted molar refractivity (Wildman–Crippen MR) is 199 cm³/mol. The van der Waals surface area contributed by atoms with Crippen molar-refractivity contribution in [3.8, 4) is 34.1 Å². The fourth-order valence-corrected chi connectivity index (χ4v) is 7.12. The fraction of sp³-hybridized carbons (Fsp3) is 0.256. The van der Waals surface area contributed by atoms with Crippen LogP contribution in [0.3, 0.4) is 0 Å². The zero-order chi connectivity index (χ0) is 33.7. The summed E-state index contributed by atoms with van der Waals surface area (Å²) in [5.74, 6) is 3.00. The molecule has 0 fully saturated rings. The monoisotopic (exact) mass is 632 g/mol. The third-order valence-corrected chi connectivity index (χ3v) is 9.39. The van der Waals surface area contributed by atoms with Crippen molar-refractivity contribution in [1.82, 2.24) is 19.3 Å². The molecule has 0 amide bonds. The van der Waals surface area contributed by atoms with Crippen molar-refractivity contribution >= 4 is 21.8 Å². The van der Waals surface area contributed by atoms with Gasteiger partial charge in [0.2, 0.25) is 0 Å². The maximum absolute atomic E-state index is 6.73. The minimum atomic E-state index is 0.258. The van der Waals surface area contributed by atoms with Gasteiger partial charge in [0.25, 0.3) is 0 Å². The van der Waals surface area contributed by atoms with Crippen LogP contribution in [-0.2, 0) is 6.42 Å². The van der Waals surface area contributed by atoms with Crippen LogP contribution in [0, 0.1) is 20.8 Å².